The van der Waals surface area contributed by atoms with Gasteiger partial charge in [0.15, 0.2) is 0 Å². The minimum Gasteiger partial charge on any atom is -0.383 e. The van der Waals surface area contributed by atoms with Crippen molar-refractivity contribution in [1.29, 1.82) is 0 Å². The van der Waals surface area contributed by atoms with Crippen molar-refractivity contribution in [3.63, 3.8) is 0 Å². The molecule has 2 rings (SSSR count). The van der Waals surface area contributed by atoms with E-state index in [2.05, 4.69) is 29.1 Å². The van der Waals surface area contributed by atoms with Gasteiger partial charge in [-0.2, -0.15) is 0 Å². The molecule has 0 radical (unpaired) electrons. The van der Waals surface area contributed by atoms with Crippen molar-refractivity contribution in [1.82, 2.24) is 9.97 Å². The minimum atomic E-state index is 0.113. The molecule has 0 aliphatic heterocycles. The summed E-state index contributed by atoms with van der Waals surface area (Å²) in [5.74, 6) is 1.36. The molecule has 0 saturated heterocycles. The van der Waals surface area contributed by atoms with Crippen LogP contribution in [0.5, 0.6) is 0 Å². The number of nitrogen functional groups attached to an aromatic ring is 1. The molecular weight excluding hydrogens is 228 g/mol. The van der Waals surface area contributed by atoms with Crippen molar-refractivity contribution in [2.24, 2.45) is 5.41 Å². The fraction of sp³-hybridized carbons (Fsp3) is 0.692. The highest BCUT2D eigenvalue weighted by Crippen LogP contribution is 2.44. The fourth-order valence-electron chi connectivity index (χ4n) is 2.39. The molecule has 1 aromatic heterocycles. The lowest BCUT2D eigenvalue weighted by molar-refractivity contribution is -0.0976. The molecule has 2 atom stereocenters. The molecule has 5 nitrogen and oxygen atoms in total. The van der Waals surface area contributed by atoms with Gasteiger partial charge in [0, 0.05) is 23.6 Å². The standard InChI is InChI=1S/C13H22N4O/c1-5-18-10-6-9(13(10,3)4)17-12-8(2)11(14)15-7-16-12/h7,9-10H,5-6H2,1-4H3,(H3,14,15,16,17). The highest BCUT2D eigenvalue weighted by atomic mass is 16.5. The predicted octanol–water partition coefficient (Wildman–Crippen LogP) is 1.98. The van der Waals surface area contributed by atoms with Crippen LogP contribution in [0.4, 0.5) is 11.6 Å². The lowest BCUT2D eigenvalue weighted by atomic mass is 9.64. The van der Waals surface area contributed by atoms with Gasteiger partial charge < -0.3 is 15.8 Å². The first-order valence-corrected chi connectivity index (χ1v) is 6.42. The zero-order chi connectivity index (χ0) is 13.3. The van der Waals surface area contributed by atoms with E-state index in [4.69, 9.17) is 10.5 Å². The maximum Gasteiger partial charge on any atom is 0.134 e. The van der Waals surface area contributed by atoms with Crippen LogP contribution in [-0.2, 0) is 4.74 Å². The van der Waals surface area contributed by atoms with Gasteiger partial charge in [-0.15, -0.1) is 0 Å². The van der Waals surface area contributed by atoms with Gasteiger partial charge in [-0.1, -0.05) is 13.8 Å². The largest absolute Gasteiger partial charge is 0.383 e. The number of aromatic nitrogens is 2. The number of hydrogen-bond donors (Lipinski definition) is 2. The molecule has 1 fully saturated rings. The first-order chi connectivity index (χ1) is 8.46. The van der Waals surface area contributed by atoms with E-state index in [1.165, 1.54) is 6.33 Å². The van der Waals surface area contributed by atoms with Gasteiger partial charge in [-0.05, 0) is 20.3 Å². The van der Waals surface area contributed by atoms with Crippen LogP contribution in [0.3, 0.4) is 0 Å². The normalized spacial score (nSPS) is 25.6. The summed E-state index contributed by atoms with van der Waals surface area (Å²) >= 11 is 0. The van der Waals surface area contributed by atoms with Crippen molar-refractivity contribution in [2.75, 3.05) is 17.7 Å². The lowest BCUT2D eigenvalue weighted by Gasteiger charge is -2.51. The molecule has 1 heterocycles. The molecule has 2 unspecified atom stereocenters. The van der Waals surface area contributed by atoms with Gasteiger partial charge in [-0.25, -0.2) is 9.97 Å². The molecule has 1 aliphatic rings. The second-order valence-electron chi connectivity index (χ2n) is 5.43. The van der Waals surface area contributed by atoms with Crippen LogP contribution in [-0.4, -0.2) is 28.7 Å². The maximum atomic E-state index is 5.78. The minimum absolute atomic E-state index is 0.113. The number of ether oxygens (including phenoxy) is 1. The Morgan fingerprint density at radius 3 is 2.83 bits per heavy atom. The number of rotatable bonds is 4. The Bertz CT molecular complexity index is 433. The Kier molecular flexibility index (Phi) is 3.43. The fourth-order valence-corrected chi connectivity index (χ4v) is 2.39. The van der Waals surface area contributed by atoms with E-state index in [0.717, 1.165) is 24.4 Å². The van der Waals surface area contributed by atoms with Gasteiger partial charge in [0.1, 0.15) is 18.0 Å². The van der Waals surface area contributed by atoms with Crippen molar-refractivity contribution in [2.45, 2.75) is 46.3 Å². The Morgan fingerprint density at radius 2 is 2.22 bits per heavy atom. The molecule has 1 aliphatic carbocycles. The van der Waals surface area contributed by atoms with E-state index in [0.29, 0.717) is 18.0 Å². The SMILES string of the molecule is CCOC1CC(Nc2ncnc(N)c2C)C1(C)C. The van der Waals surface area contributed by atoms with Gasteiger partial charge in [0.25, 0.3) is 0 Å². The molecule has 1 aromatic rings. The van der Waals surface area contributed by atoms with E-state index in [1.807, 2.05) is 13.8 Å². The zero-order valence-electron chi connectivity index (χ0n) is 11.5. The summed E-state index contributed by atoms with van der Waals surface area (Å²) in [4.78, 5) is 8.23. The van der Waals surface area contributed by atoms with E-state index in [-0.39, 0.29) is 5.41 Å². The molecule has 5 heteroatoms. The molecule has 0 spiro atoms. The third-order valence-electron chi connectivity index (χ3n) is 3.98. The average molecular weight is 250 g/mol. The van der Waals surface area contributed by atoms with Crippen LogP contribution < -0.4 is 11.1 Å². The van der Waals surface area contributed by atoms with Crippen LogP contribution >= 0.6 is 0 Å². The second-order valence-corrected chi connectivity index (χ2v) is 5.43. The molecule has 0 bridgehead atoms. The zero-order valence-corrected chi connectivity index (χ0v) is 11.5. The van der Waals surface area contributed by atoms with Gasteiger partial charge in [0.05, 0.1) is 6.10 Å². The molecule has 1 saturated carbocycles. The second kappa shape index (κ2) is 4.72. The summed E-state index contributed by atoms with van der Waals surface area (Å²) < 4.78 is 5.72. The topological polar surface area (TPSA) is 73.1 Å². The number of nitrogens with two attached hydrogens (primary N) is 1. The molecule has 100 valence electrons. The van der Waals surface area contributed by atoms with Crippen LogP contribution in [0.15, 0.2) is 6.33 Å². The highest BCUT2D eigenvalue weighted by Gasteiger charge is 2.49. The maximum absolute atomic E-state index is 5.78. The van der Waals surface area contributed by atoms with Crippen LogP contribution in [0, 0.1) is 12.3 Å². The molecular formula is C13H22N4O. The predicted molar refractivity (Wildman–Crippen MR) is 72.4 cm³/mol. The molecule has 3 N–H and O–H groups in total. The van der Waals surface area contributed by atoms with Crippen molar-refractivity contribution in [3.05, 3.63) is 11.9 Å². The Hall–Kier alpha value is -1.36. The Morgan fingerprint density at radius 1 is 1.50 bits per heavy atom. The summed E-state index contributed by atoms with van der Waals surface area (Å²) in [5.41, 5.74) is 6.81. The smallest absolute Gasteiger partial charge is 0.134 e. The lowest BCUT2D eigenvalue weighted by Crippen LogP contribution is -2.58. The Balaban J connectivity index is 2.06. The average Bonchev–Trinajstić information content (AvgIpc) is 2.33. The number of nitrogens with one attached hydrogen (secondary N) is 1. The van der Waals surface area contributed by atoms with Crippen LogP contribution in [0.1, 0.15) is 32.8 Å². The third kappa shape index (κ3) is 2.14. The first kappa shape index (κ1) is 13.1. The number of nitrogens with zero attached hydrogens (tertiary/aromatic N) is 2. The number of hydrogen-bond acceptors (Lipinski definition) is 5. The van der Waals surface area contributed by atoms with Crippen molar-refractivity contribution in [3.8, 4) is 0 Å². The number of anilines is 2. The summed E-state index contributed by atoms with van der Waals surface area (Å²) in [6.07, 6.45) is 2.82. The monoisotopic (exact) mass is 250 g/mol. The van der Waals surface area contributed by atoms with Crippen molar-refractivity contribution < 1.29 is 4.74 Å². The van der Waals surface area contributed by atoms with E-state index < -0.39 is 0 Å². The molecule has 0 amide bonds. The van der Waals surface area contributed by atoms with Gasteiger partial charge in [0.2, 0.25) is 0 Å². The van der Waals surface area contributed by atoms with Gasteiger partial charge in [-0.3, -0.25) is 0 Å². The Labute approximate surface area is 108 Å². The molecule has 18 heavy (non-hydrogen) atoms. The first-order valence-electron chi connectivity index (χ1n) is 6.42. The summed E-state index contributed by atoms with van der Waals surface area (Å²) in [6.45, 7) is 9.17. The van der Waals surface area contributed by atoms with Crippen LogP contribution in [0.2, 0.25) is 0 Å². The summed E-state index contributed by atoms with van der Waals surface area (Å²) in [5, 5.41) is 3.46. The summed E-state index contributed by atoms with van der Waals surface area (Å²) in [6, 6.07) is 0.363. The van der Waals surface area contributed by atoms with E-state index >= 15 is 0 Å². The molecule has 0 aromatic carbocycles. The van der Waals surface area contributed by atoms with E-state index in [9.17, 15) is 0 Å². The third-order valence-corrected chi connectivity index (χ3v) is 3.98. The van der Waals surface area contributed by atoms with Gasteiger partial charge >= 0.3 is 0 Å². The quantitative estimate of drug-likeness (QED) is 0.855. The summed E-state index contributed by atoms with van der Waals surface area (Å²) in [7, 11) is 0. The van der Waals surface area contributed by atoms with E-state index in [1.54, 1.807) is 0 Å². The van der Waals surface area contributed by atoms with Crippen molar-refractivity contribution >= 4 is 11.6 Å². The van der Waals surface area contributed by atoms with Crippen LogP contribution in [0.25, 0.3) is 0 Å². The highest BCUT2D eigenvalue weighted by molar-refractivity contribution is 5.54.